The van der Waals surface area contributed by atoms with Crippen LogP contribution in [-0.4, -0.2) is 21.8 Å². The van der Waals surface area contributed by atoms with Crippen LogP contribution in [0, 0.1) is 33.5 Å². The van der Waals surface area contributed by atoms with Crippen LogP contribution in [0.25, 0.3) is 0 Å². The highest BCUT2D eigenvalue weighted by molar-refractivity contribution is 8.04. The number of halogens is 1. The highest BCUT2D eigenvalue weighted by atomic mass is 32.2. The number of carbonyl (C=O) groups excluding carboxylic acids is 2. The normalized spacial score (nSPS) is 13.8. The molecular formula is C24H21FN4O2S. The molecule has 1 aromatic heterocycles. The number of nitrogens with zero attached hydrogens (tertiary/aromatic N) is 3. The number of hydrogen-bond donors (Lipinski definition) is 1. The number of aromatic nitrogens is 2. The van der Waals surface area contributed by atoms with Crippen molar-refractivity contribution < 1.29 is 14.0 Å². The van der Waals surface area contributed by atoms with E-state index < -0.39 is 17.6 Å². The van der Waals surface area contributed by atoms with E-state index in [0.29, 0.717) is 10.8 Å². The first kappa shape index (κ1) is 21.7. The fraction of sp³-hybridized carbons (Fsp3) is 0.167. The van der Waals surface area contributed by atoms with Crippen molar-refractivity contribution in [3.63, 3.8) is 0 Å². The average Bonchev–Trinajstić information content (AvgIpc) is 2.94. The number of amides is 2. The van der Waals surface area contributed by atoms with E-state index in [9.17, 15) is 14.0 Å². The minimum atomic E-state index is -0.659. The molecule has 32 heavy (non-hydrogen) atoms. The second kappa shape index (κ2) is 8.55. The fourth-order valence-electron chi connectivity index (χ4n) is 3.36. The first-order valence-electron chi connectivity index (χ1n) is 9.96. The zero-order valence-corrected chi connectivity index (χ0v) is 18.9. The van der Waals surface area contributed by atoms with Gasteiger partial charge in [-0.25, -0.2) is 19.3 Å². The molecule has 1 aliphatic heterocycles. The van der Waals surface area contributed by atoms with E-state index >= 15 is 0 Å². The molecule has 2 heterocycles. The number of para-hydroxylation sites is 1. The molecule has 0 unspecified atom stereocenters. The van der Waals surface area contributed by atoms with Crippen molar-refractivity contribution in [2.24, 2.45) is 0 Å². The number of hydrogen-bond acceptors (Lipinski definition) is 6. The Kier molecular flexibility index (Phi) is 5.80. The molecule has 2 amide bonds. The molecule has 0 spiro atoms. The Morgan fingerprint density at radius 3 is 2.22 bits per heavy atom. The van der Waals surface area contributed by atoms with Crippen molar-refractivity contribution in [3.05, 3.63) is 87.5 Å². The Balaban J connectivity index is 1.79. The SMILES string of the molecule is Cc1cc(C)nc(SC2=C(Nc3ccc(C)c(C)c3)C(=O)N(c3ccccc3F)C2=O)n1. The van der Waals surface area contributed by atoms with E-state index in [1.807, 2.05) is 52.0 Å². The molecule has 162 valence electrons. The summed E-state index contributed by atoms with van der Waals surface area (Å²) < 4.78 is 14.5. The van der Waals surface area contributed by atoms with Gasteiger partial charge < -0.3 is 5.32 Å². The Morgan fingerprint density at radius 1 is 0.875 bits per heavy atom. The number of aryl methyl sites for hydroxylation is 4. The van der Waals surface area contributed by atoms with Gasteiger partial charge in [0.15, 0.2) is 5.16 Å². The molecule has 0 fully saturated rings. The third kappa shape index (κ3) is 4.13. The van der Waals surface area contributed by atoms with Gasteiger partial charge in [-0.3, -0.25) is 9.59 Å². The van der Waals surface area contributed by atoms with E-state index in [4.69, 9.17) is 0 Å². The number of imide groups is 1. The molecule has 1 aliphatic rings. The van der Waals surface area contributed by atoms with Crippen molar-refractivity contribution >= 4 is 35.0 Å². The standard InChI is InChI=1S/C24H21FN4O2S/c1-13-9-10-17(11-14(13)2)28-20-21(32-24-26-15(3)12-16(4)27-24)23(31)29(22(20)30)19-8-6-5-7-18(19)25/h5-12,28H,1-4H3. The topological polar surface area (TPSA) is 75.2 Å². The highest BCUT2D eigenvalue weighted by Gasteiger charge is 2.41. The number of thioether (sulfide) groups is 1. The second-order valence-corrected chi connectivity index (χ2v) is 8.54. The molecule has 6 nitrogen and oxygen atoms in total. The van der Waals surface area contributed by atoms with E-state index in [0.717, 1.165) is 39.2 Å². The van der Waals surface area contributed by atoms with Gasteiger partial charge >= 0.3 is 0 Å². The zero-order valence-electron chi connectivity index (χ0n) is 18.1. The lowest BCUT2D eigenvalue weighted by Gasteiger charge is -2.16. The summed E-state index contributed by atoms with van der Waals surface area (Å²) in [5.74, 6) is -1.92. The number of nitrogens with one attached hydrogen (secondary N) is 1. The van der Waals surface area contributed by atoms with Gasteiger partial charge in [0.05, 0.1) is 5.69 Å². The van der Waals surface area contributed by atoms with Crippen molar-refractivity contribution in [3.8, 4) is 0 Å². The molecule has 8 heteroatoms. The van der Waals surface area contributed by atoms with Gasteiger partial charge in [0.25, 0.3) is 11.8 Å². The number of carbonyl (C=O) groups is 2. The maximum atomic E-state index is 14.5. The Bertz CT molecular complexity index is 1270. The second-order valence-electron chi connectivity index (χ2n) is 7.56. The van der Waals surface area contributed by atoms with Gasteiger partial charge in [-0.05, 0) is 80.9 Å². The molecule has 3 aromatic rings. The van der Waals surface area contributed by atoms with Gasteiger partial charge in [0.2, 0.25) is 0 Å². The third-order valence-corrected chi connectivity index (χ3v) is 6.01. The van der Waals surface area contributed by atoms with E-state index in [-0.39, 0.29) is 16.3 Å². The summed E-state index contributed by atoms with van der Waals surface area (Å²) in [7, 11) is 0. The van der Waals surface area contributed by atoms with Gasteiger partial charge in [0.1, 0.15) is 16.4 Å². The minimum absolute atomic E-state index is 0.0641. The minimum Gasteiger partial charge on any atom is -0.350 e. The predicted octanol–water partition coefficient (Wildman–Crippen LogP) is 4.84. The Morgan fingerprint density at radius 2 is 1.56 bits per heavy atom. The molecule has 0 saturated heterocycles. The summed E-state index contributed by atoms with van der Waals surface area (Å²) in [4.78, 5) is 36.4. The first-order valence-corrected chi connectivity index (χ1v) is 10.8. The van der Waals surface area contributed by atoms with Gasteiger partial charge in [0, 0.05) is 17.1 Å². The largest absolute Gasteiger partial charge is 0.350 e. The van der Waals surface area contributed by atoms with Crippen molar-refractivity contribution in [2.45, 2.75) is 32.9 Å². The number of anilines is 2. The number of rotatable bonds is 5. The van der Waals surface area contributed by atoms with Crippen molar-refractivity contribution in [2.75, 3.05) is 10.2 Å². The zero-order chi connectivity index (χ0) is 23.0. The van der Waals surface area contributed by atoms with Crippen LogP contribution in [-0.2, 0) is 9.59 Å². The van der Waals surface area contributed by atoms with Crippen LogP contribution in [0.3, 0.4) is 0 Å². The summed E-state index contributed by atoms with van der Waals surface area (Å²) in [6.45, 7) is 7.60. The Labute approximate surface area is 189 Å². The van der Waals surface area contributed by atoms with E-state index in [1.165, 1.54) is 18.2 Å². The maximum absolute atomic E-state index is 14.5. The lowest BCUT2D eigenvalue weighted by molar-refractivity contribution is -0.120. The van der Waals surface area contributed by atoms with E-state index in [1.54, 1.807) is 6.07 Å². The van der Waals surface area contributed by atoms with Crippen LogP contribution in [0.4, 0.5) is 15.8 Å². The smallest absolute Gasteiger partial charge is 0.283 e. The molecule has 0 radical (unpaired) electrons. The van der Waals surface area contributed by atoms with Gasteiger partial charge in [-0.1, -0.05) is 18.2 Å². The molecule has 0 saturated carbocycles. The lowest BCUT2D eigenvalue weighted by atomic mass is 10.1. The summed E-state index contributed by atoms with van der Waals surface area (Å²) in [6.07, 6.45) is 0. The summed E-state index contributed by atoms with van der Waals surface area (Å²) in [5.41, 5.74) is 4.24. The molecule has 4 rings (SSSR count). The average molecular weight is 449 g/mol. The summed E-state index contributed by atoms with van der Waals surface area (Å²) >= 11 is 0.991. The predicted molar refractivity (Wildman–Crippen MR) is 123 cm³/mol. The summed E-state index contributed by atoms with van der Waals surface area (Å²) in [6, 6.07) is 13.2. The molecular weight excluding hydrogens is 427 g/mol. The van der Waals surface area contributed by atoms with Crippen LogP contribution in [0.15, 0.2) is 64.3 Å². The first-order chi connectivity index (χ1) is 15.2. The van der Waals surface area contributed by atoms with Crippen LogP contribution >= 0.6 is 11.8 Å². The quantitative estimate of drug-likeness (QED) is 0.445. The van der Waals surface area contributed by atoms with Gasteiger partial charge in [-0.15, -0.1) is 0 Å². The van der Waals surface area contributed by atoms with Crippen molar-refractivity contribution in [1.82, 2.24) is 9.97 Å². The van der Waals surface area contributed by atoms with Crippen LogP contribution in [0.1, 0.15) is 22.5 Å². The molecule has 2 aromatic carbocycles. The lowest BCUT2D eigenvalue weighted by Crippen LogP contribution is -2.33. The van der Waals surface area contributed by atoms with Crippen LogP contribution in [0.2, 0.25) is 0 Å². The van der Waals surface area contributed by atoms with Gasteiger partial charge in [-0.2, -0.15) is 0 Å². The third-order valence-electron chi connectivity index (χ3n) is 5.07. The van der Waals surface area contributed by atoms with Crippen LogP contribution in [0.5, 0.6) is 0 Å². The maximum Gasteiger partial charge on any atom is 0.283 e. The fourth-order valence-corrected chi connectivity index (χ4v) is 4.34. The molecule has 1 N–H and O–H groups in total. The number of benzene rings is 2. The van der Waals surface area contributed by atoms with Crippen molar-refractivity contribution in [1.29, 1.82) is 0 Å². The molecule has 0 aliphatic carbocycles. The monoisotopic (exact) mass is 448 g/mol. The highest BCUT2D eigenvalue weighted by Crippen LogP contribution is 2.37. The molecule has 0 bridgehead atoms. The summed E-state index contributed by atoms with van der Waals surface area (Å²) in [5, 5.41) is 3.42. The van der Waals surface area contributed by atoms with E-state index in [2.05, 4.69) is 15.3 Å². The van der Waals surface area contributed by atoms with Crippen LogP contribution < -0.4 is 10.2 Å². The molecule has 0 atom stereocenters. The Hall–Kier alpha value is -3.52.